The van der Waals surface area contributed by atoms with Crippen LogP contribution in [0.4, 0.5) is 16.3 Å². The zero-order valence-electron chi connectivity index (χ0n) is 20.3. The number of urea groups is 1. The maximum atomic E-state index is 12.9. The number of nitrogens with zero attached hydrogens (tertiary/aromatic N) is 4. The number of rotatable bonds is 5. The number of carbonyl (C=O) groups is 1. The third-order valence-corrected chi connectivity index (χ3v) is 8.76. The summed E-state index contributed by atoms with van der Waals surface area (Å²) in [5.41, 5.74) is 2.32. The molecule has 1 N–H and O–H groups in total. The van der Waals surface area contributed by atoms with Crippen LogP contribution in [-0.2, 0) is 19.3 Å². The lowest BCUT2D eigenvalue weighted by Gasteiger charge is -2.36. The minimum Gasteiger partial charge on any atom is -0.352 e. The van der Waals surface area contributed by atoms with E-state index in [1.807, 2.05) is 40.5 Å². The summed E-state index contributed by atoms with van der Waals surface area (Å²) in [6, 6.07) is 7.97. The van der Waals surface area contributed by atoms with Crippen molar-refractivity contribution in [2.24, 2.45) is 5.92 Å². The van der Waals surface area contributed by atoms with Crippen molar-refractivity contribution in [2.45, 2.75) is 50.8 Å². The highest BCUT2D eigenvalue weighted by atomic mass is 32.2. The molecule has 3 heterocycles. The Hall–Kier alpha value is -2.32. The van der Waals surface area contributed by atoms with Gasteiger partial charge in [0.2, 0.25) is 0 Å². The van der Waals surface area contributed by atoms with Gasteiger partial charge in [-0.15, -0.1) is 23.1 Å². The fourth-order valence-electron chi connectivity index (χ4n) is 4.93. The van der Waals surface area contributed by atoms with Crippen molar-refractivity contribution in [3.8, 4) is 0 Å². The summed E-state index contributed by atoms with van der Waals surface area (Å²) < 4.78 is 0. The number of piperazine rings is 1. The van der Waals surface area contributed by atoms with E-state index in [4.69, 9.17) is 9.97 Å². The number of fused-ring (bicyclic) bond motifs is 3. The molecule has 1 aliphatic heterocycles. The van der Waals surface area contributed by atoms with Gasteiger partial charge in [-0.3, -0.25) is 0 Å². The van der Waals surface area contributed by atoms with E-state index in [-0.39, 0.29) is 6.03 Å². The maximum absolute atomic E-state index is 12.9. The first kappa shape index (κ1) is 23.4. The van der Waals surface area contributed by atoms with Gasteiger partial charge in [0.25, 0.3) is 0 Å². The van der Waals surface area contributed by atoms with Gasteiger partial charge in [0.05, 0.1) is 5.39 Å². The largest absolute Gasteiger partial charge is 0.352 e. The summed E-state index contributed by atoms with van der Waals surface area (Å²) in [5.74, 6) is 2.78. The predicted octanol–water partition coefficient (Wildman–Crippen LogP) is 5.84. The molecule has 1 atom stereocenters. The summed E-state index contributed by atoms with van der Waals surface area (Å²) in [5, 5.41) is 4.33. The summed E-state index contributed by atoms with van der Waals surface area (Å²) in [6.07, 6.45) is 7.51. The van der Waals surface area contributed by atoms with Crippen molar-refractivity contribution in [3.05, 3.63) is 40.5 Å². The molecule has 2 amide bonds. The second-order valence-corrected chi connectivity index (χ2v) is 11.3. The Bertz CT molecular complexity index is 1170. The predicted molar refractivity (Wildman–Crippen MR) is 144 cm³/mol. The number of hydrogen-bond donors (Lipinski definition) is 1. The number of thioether (sulfide) groups is 1. The molecule has 0 unspecified atom stereocenters. The van der Waals surface area contributed by atoms with Gasteiger partial charge >= 0.3 is 6.03 Å². The Labute approximate surface area is 210 Å². The number of hydrogen-bond acceptors (Lipinski definition) is 6. The zero-order valence-corrected chi connectivity index (χ0v) is 21.9. The minimum atomic E-state index is -0.0297. The van der Waals surface area contributed by atoms with Crippen LogP contribution < -0.4 is 10.2 Å². The van der Waals surface area contributed by atoms with Crippen LogP contribution in [0.1, 0.15) is 43.0 Å². The van der Waals surface area contributed by atoms with Crippen LogP contribution in [0, 0.1) is 5.92 Å². The number of benzene rings is 1. The second-order valence-electron chi connectivity index (χ2n) is 9.38. The Kier molecular flexibility index (Phi) is 6.97. The third kappa shape index (κ3) is 4.75. The van der Waals surface area contributed by atoms with Gasteiger partial charge in [-0.1, -0.05) is 13.8 Å². The van der Waals surface area contributed by atoms with Gasteiger partial charge in [-0.2, -0.15) is 0 Å². The lowest BCUT2D eigenvalue weighted by molar-refractivity contribution is 0.208. The van der Waals surface area contributed by atoms with E-state index in [0.29, 0.717) is 13.1 Å². The van der Waals surface area contributed by atoms with Crippen LogP contribution in [0.3, 0.4) is 0 Å². The van der Waals surface area contributed by atoms with Crippen molar-refractivity contribution in [3.63, 3.8) is 0 Å². The Morgan fingerprint density at radius 3 is 2.65 bits per heavy atom. The first-order valence-electron chi connectivity index (χ1n) is 12.3. The maximum Gasteiger partial charge on any atom is 0.321 e. The average molecular weight is 496 g/mol. The average Bonchev–Trinajstić information content (AvgIpc) is 3.21. The molecule has 0 spiro atoms. The second kappa shape index (κ2) is 10.1. The fourth-order valence-corrected chi connectivity index (χ4v) is 6.73. The van der Waals surface area contributed by atoms with Gasteiger partial charge in [-0.25, -0.2) is 14.8 Å². The molecule has 8 heteroatoms. The number of aryl methyl sites for hydroxylation is 2. The molecule has 1 aromatic carbocycles. The topological polar surface area (TPSA) is 61.4 Å². The highest BCUT2D eigenvalue weighted by Gasteiger charge is 2.28. The Balaban J connectivity index is 1.34. The first-order chi connectivity index (χ1) is 16.6. The Morgan fingerprint density at radius 2 is 1.94 bits per heavy atom. The number of anilines is 2. The van der Waals surface area contributed by atoms with Gasteiger partial charge in [0.1, 0.15) is 16.5 Å². The van der Waals surface area contributed by atoms with Gasteiger partial charge in [-0.05, 0) is 67.7 Å². The number of thiophene rings is 1. The fraction of sp³-hybridized carbons (Fsp3) is 0.500. The van der Waals surface area contributed by atoms with E-state index >= 15 is 0 Å². The SMILES string of the molecule is CCCc1nc(N2CCN(C(=O)Nc3ccc(SC)cc3)CC2)c2c3c(sc2n1)C[C@H](C)CC3. The minimum absolute atomic E-state index is 0.0297. The van der Waals surface area contributed by atoms with Crippen LogP contribution in [0.2, 0.25) is 0 Å². The normalized spacial score (nSPS) is 18.3. The zero-order chi connectivity index (χ0) is 23.7. The van der Waals surface area contributed by atoms with Crippen molar-refractivity contribution in [1.82, 2.24) is 14.9 Å². The molecule has 2 aromatic heterocycles. The van der Waals surface area contributed by atoms with E-state index < -0.39 is 0 Å². The lowest BCUT2D eigenvalue weighted by atomic mass is 9.89. The molecule has 0 saturated carbocycles. The molecule has 180 valence electrons. The molecular formula is C26H33N5OS2. The third-order valence-electron chi connectivity index (χ3n) is 6.86. The monoisotopic (exact) mass is 495 g/mol. The number of carbonyl (C=O) groups excluding carboxylic acids is 1. The highest BCUT2D eigenvalue weighted by molar-refractivity contribution is 7.98. The van der Waals surface area contributed by atoms with Crippen LogP contribution in [0.15, 0.2) is 29.2 Å². The molecule has 5 rings (SSSR count). The first-order valence-corrected chi connectivity index (χ1v) is 14.4. The van der Waals surface area contributed by atoms with E-state index in [2.05, 4.69) is 30.3 Å². The molecule has 34 heavy (non-hydrogen) atoms. The van der Waals surface area contributed by atoms with Gasteiger partial charge in [0, 0.05) is 48.1 Å². The van der Waals surface area contributed by atoms with Crippen molar-refractivity contribution in [2.75, 3.05) is 42.7 Å². The molecule has 6 nitrogen and oxygen atoms in total. The lowest BCUT2D eigenvalue weighted by Crippen LogP contribution is -2.50. The molecule has 1 aliphatic carbocycles. The summed E-state index contributed by atoms with van der Waals surface area (Å²) in [7, 11) is 0. The quantitative estimate of drug-likeness (QED) is 0.450. The van der Waals surface area contributed by atoms with E-state index in [1.54, 1.807) is 11.8 Å². The van der Waals surface area contributed by atoms with Gasteiger partial charge in [0.15, 0.2) is 0 Å². The molecule has 1 fully saturated rings. The summed E-state index contributed by atoms with van der Waals surface area (Å²) >= 11 is 3.58. The van der Waals surface area contributed by atoms with Crippen molar-refractivity contribution >= 4 is 50.9 Å². The van der Waals surface area contributed by atoms with Gasteiger partial charge < -0.3 is 15.1 Å². The molecule has 1 saturated heterocycles. The highest BCUT2D eigenvalue weighted by Crippen LogP contribution is 2.41. The van der Waals surface area contributed by atoms with Crippen LogP contribution in [-0.4, -0.2) is 53.3 Å². The molecular weight excluding hydrogens is 462 g/mol. The molecule has 2 aliphatic rings. The number of nitrogens with one attached hydrogen (secondary N) is 1. The van der Waals surface area contributed by atoms with Crippen molar-refractivity contribution < 1.29 is 4.79 Å². The molecule has 3 aromatic rings. The summed E-state index contributed by atoms with van der Waals surface area (Å²) in [6.45, 7) is 7.48. The smallest absolute Gasteiger partial charge is 0.321 e. The van der Waals surface area contributed by atoms with Crippen LogP contribution in [0.25, 0.3) is 10.2 Å². The Morgan fingerprint density at radius 1 is 1.18 bits per heavy atom. The molecule has 0 radical (unpaired) electrons. The standard InChI is InChI=1S/C26H33N5OS2/c1-4-5-22-28-24(23-20-11-6-17(2)16-21(20)34-25(23)29-22)30-12-14-31(15-13-30)26(32)27-18-7-9-19(33-3)10-8-18/h7-10,17H,4-6,11-16H2,1-3H3,(H,27,32)/t17-/m1/s1. The van der Waals surface area contributed by atoms with E-state index in [9.17, 15) is 4.79 Å². The number of amides is 2. The van der Waals surface area contributed by atoms with E-state index in [1.165, 1.54) is 27.1 Å². The number of aromatic nitrogens is 2. The molecule has 0 bridgehead atoms. The van der Waals surface area contributed by atoms with Crippen LogP contribution >= 0.6 is 23.1 Å². The van der Waals surface area contributed by atoms with Crippen LogP contribution in [0.5, 0.6) is 0 Å². The van der Waals surface area contributed by atoms with Crippen molar-refractivity contribution in [1.29, 1.82) is 0 Å². The van der Waals surface area contributed by atoms with E-state index in [0.717, 1.165) is 66.9 Å². The summed E-state index contributed by atoms with van der Waals surface area (Å²) in [4.78, 5) is 31.0.